The Kier molecular flexibility index (Phi) is 17.4. The van der Waals surface area contributed by atoms with E-state index in [1.54, 1.807) is 0 Å². The summed E-state index contributed by atoms with van der Waals surface area (Å²) in [5.74, 6) is -0.517. The molecule has 4 N–H and O–H groups in total. The number of nitro groups is 1. The van der Waals surface area contributed by atoms with Crippen LogP contribution in [0.25, 0.3) is 0 Å². The van der Waals surface area contributed by atoms with Crippen LogP contribution in [0.4, 0.5) is 5.69 Å². The Morgan fingerprint density at radius 3 is 1.59 bits per heavy atom. The molecule has 0 heterocycles. The maximum absolute atomic E-state index is 12.7. The van der Waals surface area contributed by atoms with Crippen LogP contribution < -0.4 is 29.6 Å². The number of amides is 2. The average Bonchev–Trinajstić information content (AvgIpc) is 3.02. The molecule has 0 saturated carbocycles. The molecule has 0 bridgehead atoms. The zero-order chi connectivity index (χ0) is 32.3. The molecular weight excluding hydrogens is 664 g/mol. The first-order valence-corrected chi connectivity index (χ1v) is 15.9. The number of benzene rings is 3. The van der Waals surface area contributed by atoms with Gasteiger partial charge in [0.15, 0.2) is 0 Å². The number of sulfonamides is 2. The van der Waals surface area contributed by atoms with E-state index in [9.17, 15) is 36.5 Å². The predicted octanol–water partition coefficient (Wildman–Crippen LogP) is -0.584. The molecule has 1 atom stereocenters. The van der Waals surface area contributed by atoms with E-state index in [4.69, 9.17) is 9.47 Å². The van der Waals surface area contributed by atoms with Gasteiger partial charge in [-0.15, -0.1) is 0 Å². The van der Waals surface area contributed by atoms with Crippen molar-refractivity contribution < 1.29 is 40.8 Å². The summed E-state index contributed by atoms with van der Waals surface area (Å²) in [7, 11) is -5.18. The van der Waals surface area contributed by atoms with Gasteiger partial charge in [0, 0.05) is 18.7 Å². The summed E-state index contributed by atoms with van der Waals surface area (Å²) in [6.07, 6.45) is 0.104. The van der Waals surface area contributed by atoms with Crippen molar-refractivity contribution in [1.29, 1.82) is 0 Å². The Morgan fingerprint density at radius 2 is 1.17 bits per heavy atom. The number of hydrogen-bond acceptors (Lipinski definition) is 10. The molecule has 0 aliphatic rings. The second-order valence-corrected chi connectivity index (χ2v) is 12.7. The Labute approximate surface area is 311 Å². The molecule has 2 amide bonds. The van der Waals surface area contributed by atoms with Crippen molar-refractivity contribution in [3.8, 4) is 11.5 Å². The summed E-state index contributed by atoms with van der Waals surface area (Å²) in [6, 6.07) is 15.8. The molecule has 0 spiro atoms. The first-order chi connectivity index (χ1) is 20.8. The number of nitro benzene ring substituents is 1. The molecule has 0 aromatic heterocycles. The first kappa shape index (κ1) is 41.4. The van der Waals surface area contributed by atoms with Crippen LogP contribution in [0.5, 0.6) is 11.5 Å². The molecule has 1 unspecified atom stereocenters. The van der Waals surface area contributed by atoms with Crippen molar-refractivity contribution >= 4 is 96.7 Å². The van der Waals surface area contributed by atoms with Crippen molar-refractivity contribution in [2.75, 3.05) is 33.9 Å². The number of methoxy groups -OCH3 is 2. The molecule has 3 aromatic carbocycles. The van der Waals surface area contributed by atoms with Gasteiger partial charge in [-0.05, 0) is 60.5 Å². The Hall–Kier alpha value is -2.58. The fourth-order valence-corrected chi connectivity index (χ4v) is 5.75. The topological polar surface area (TPSA) is 212 Å². The monoisotopic (exact) mass is 697 g/mol. The quantitative estimate of drug-likeness (QED) is 0.0849. The van der Waals surface area contributed by atoms with E-state index in [0.717, 1.165) is 0 Å². The number of nitrogens with zero attached hydrogens (tertiary/aromatic N) is 1. The van der Waals surface area contributed by atoms with Crippen LogP contribution in [-0.2, 0) is 36.1 Å². The molecular formula is C27H33N5Na2O10S2. The van der Waals surface area contributed by atoms with Gasteiger partial charge in [0.1, 0.15) is 11.5 Å². The summed E-state index contributed by atoms with van der Waals surface area (Å²) in [4.78, 5) is 35.5. The van der Waals surface area contributed by atoms with Crippen LogP contribution in [0.3, 0.4) is 0 Å². The van der Waals surface area contributed by atoms with E-state index in [-0.39, 0.29) is 87.6 Å². The van der Waals surface area contributed by atoms with Gasteiger partial charge in [-0.3, -0.25) is 19.7 Å². The number of carbonyl (C=O) groups excluding carboxylic acids is 2. The third-order valence-corrected chi connectivity index (χ3v) is 8.96. The second kappa shape index (κ2) is 19.3. The minimum atomic E-state index is -4.03. The zero-order valence-corrected chi connectivity index (χ0v) is 25.3. The normalized spacial score (nSPS) is 11.6. The third kappa shape index (κ3) is 12.9. The predicted molar refractivity (Wildman–Crippen MR) is 172 cm³/mol. The van der Waals surface area contributed by atoms with Crippen molar-refractivity contribution in [3.05, 3.63) is 88.5 Å². The number of rotatable bonds is 16. The minimum absolute atomic E-state index is 0. The number of nitrogens with one attached hydrogen (secondary N) is 4. The zero-order valence-electron chi connectivity index (χ0n) is 23.7. The Bertz CT molecular complexity index is 1680. The van der Waals surface area contributed by atoms with Gasteiger partial charge >= 0.3 is 59.1 Å². The summed E-state index contributed by atoms with van der Waals surface area (Å²) in [6.45, 7) is -1.40. The first-order valence-electron chi connectivity index (χ1n) is 12.9. The molecule has 0 fully saturated rings. The summed E-state index contributed by atoms with van der Waals surface area (Å²) in [5.41, 5.74) is 0.439. The molecule has 0 aliphatic heterocycles. The maximum atomic E-state index is 12.7. The molecule has 19 heteroatoms. The molecule has 3 aromatic rings. The fraction of sp³-hybridized carbons (Fsp3) is 0.259. The molecule has 3 rings (SSSR count). The van der Waals surface area contributed by atoms with E-state index in [0.29, 0.717) is 17.1 Å². The summed E-state index contributed by atoms with van der Waals surface area (Å²) < 4.78 is 64.6. The third-order valence-electron chi connectivity index (χ3n) is 6.12. The van der Waals surface area contributed by atoms with Gasteiger partial charge in [0.25, 0.3) is 5.69 Å². The van der Waals surface area contributed by atoms with Crippen LogP contribution in [-0.4, -0.2) is 133 Å². The van der Waals surface area contributed by atoms with Crippen LogP contribution in [0.15, 0.2) is 82.6 Å². The number of non-ortho nitro benzene ring substituents is 1. The van der Waals surface area contributed by atoms with Gasteiger partial charge < -0.3 is 20.1 Å². The summed E-state index contributed by atoms with van der Waals surface area (Å²) >= 11 is 0. The molecule has 15 nitrogen and oxygen atoms in total. The van der Waals surface area contributed by atoms with Crippen LogP contribution >= 0.6 is 0 Å². The Balaban J connectivity index is 0.00000529. The van der Waals surface area contributed by atoms with Crippen molar-refractivity contribution in [1.82, 2.24) is 20.1 Å². The van der Waals surface area contributed by atoms with E-state index >= 15 is 0 Å². The van der Waals surface area contributed by atoms with Gasteiger partial charge in [-0.25, -0.2) is 26.3 Å². The molecule has 240 valence electrons. The van der Waals surface area contributed by atoms with Crippen molar-refractivity contribution in [3.63, 3.8) is 0 Å². The second-order valence-electron chi connectivity index (χ2n) is 9.20. The van der Waals surface area contributed by atoms with Crippen LogP contribution in [0.2, 0.25) is 0 Å². The SMILES string of the molecule is COc1ccc(S(=O)(=O)NCC(=O)NCC(Cc2ccc([N+](=O)[O-])cc2)NC(=O)CNS(=O)(=O)c2ccc(OC)cc2)cc1.[NaH].[NaH]. The van der Waals surface area contributed by atoms with Gasteiger partial charge in [0.2, 0.25) is 31.9 Å². The number of hydrogen-bond donors (Lipinski definition) is 4. The van der Waals surface area contributed by atoms with Gasteiger partial charge in [-0.1, -0.05) is 12.1 Å². The molecule has 0 radical (unpaired) electrons. The molecule has 0 aliphatic carbocycles. The van der Waals surface area contributed by atoms with Crippen molar-refractivity contribution in [2.45, 2.75) is 22.3 Å². The number of ether oxygens (including phenoxy) is 2. The molecule has 0 saturated heterocycles. The molecule has 46 heavy (non-hydrogen) atoms. The van der Waals surface area contributed by atoms with Gasteiger partial charge in [0.05, 0.1) is 48.1 Å². The van der Waals surface area contributed by atoms with E-state index in [1.807, 2.05) is 0 Å². The average molecular weight is 698 g/mol. The van der Waals surface area contributed by atoms with Crippen LogP contribution in [0.1, 0.15) is 5.56 Å². The van der Waals surface area contributed by atoms with E-state index < -0.39 is 55.9 Å². The van der Waals surface area contributed by atoms with Gasteiger partial charge in [-0.2, -0.15) is 0 Å². The van der Waals surface area contributed by atoms with E-state index in [2.05, 4.69) is 20.1 Å². The van der Waals surface area contributed by atoms with Crippen molar-refractivity contribution in [2.24, 2.45) is 0 Å². The van der Waals surface area contributed by atoms with Crippen LogP contribution in [0, 0.1) is 10.1 Å². The number of carbonyl (C=O) groups is 2. The Morgan fingerprint density at radius 1 is 0.739 bits per heavy atom. The fourth-order valence-electron chi connectivity index (χ4n) is 3.79. The summed E-state index contributed by atoms with van der Waals surface area (Å²) in [5, 5.41) is 16.1. The standard InChI is InChI=1S/C27H31N5O10S2.2Na.2H/c1-41-22-7-11-24(12-8-22)43(37,38)29-17-26(33)28-16-20(15-19-3-5-21(6-4-19)32(35)36)31-27(34)18-30-44(39,40)25-13-9-23(42-2)10-14-25;;;;/h3-14,20,29-30H,15-18H2,1-2H3,(H,28,33)(H,31,34);;;;. The van der Waals surface area contributed by atoms with E-state index in [1.165, 1.54) is 87.0 Å².